The van der Waals surface area contributed by atoms with E-state index in [0.29, 0.717) is 11.3 Å². The smallest absolute Gasteiger partial charge is 0.290 e. The first-order valence-electron chi connectivity index (χ1n) is 8.11. The van der Waals surface area contributed by atoms with Gasteiger partial charge in [-0.05, 0) is 29.2 Å². The van der Waals surface area contributed by atoms with Gasteiger partial charge in [-0.25, -0.2) is 19.4 Å². The summed E-state index contributed by atoms with van der Waals surface area (Å²) in [4.78, 5) is 43.7. The van der Waals surface area contributed by atoms with Gasteiger partial charge in [-0.1, -0.05) is 67.7 Å². The summed E-state index contributed by atoms with van der Waals surface area (Å²) in [7, 11) is 0. The number of rotatable bonds is 2. The molecule has 3 rings (SSSR count). The standard InChI is InChI=1S/C19H15Cl3O6/c1-18(2,3)13-6-4-5-12(15(13)19(20,21)22)17(24)28-27-16(23)11-8-7-10-9-14(11)26-25-10/h4-9H,1-3H3. The Labute approximate surface area is 176 Å². The van der Waals surface area contributed by atoms with Crippen LogP contribution < -0.4 is 9.78 Å². The van der Waals surface area contributed by atoms with Gasteiger partial charge >= 0.3 is 11.9 Å². The molecule has 0 fully saturated rings. The molecule has 0 radical (unpaired) electrons. The zero-order chi connectivity index (χ0) is 20.7. The van der Waals surface area contributed by atoms with E-state index in [1.807, 2.05) is 20.8 Å². The number of fused-ring (bicyclic) bond motifs is 2. The molecule has 6 nitrogen and oxygen atoms in total. The van der Waals surface area contributed by atoms with Crippen molar-refractivity contribution in [3.8, 4) is 11.5 Å². The van der Waals surface area contributed by atoms with Gasteiger partial charge in [0, 0.05) is 11.6 Å². The predicted molar refractivity (Wildman–Crippen MR) is 103 cm³/mol. The third-order valence-corrected chi connectivity index (χ3v) is 4.54. The molecule has 0 aromatic heterocycles. The van der Waals surface area contributed by atoms with E-state index in [0.717, 1.165) is 0 Å². The van der Waals surface area contributed by atoms with Gasteiger partial charge in [-0.3, -0.25) is 9.78 Å². The molecule has 2 aromatic rings. The number of benzene rings is 2. The summed E-state index contributed by atoms with van der Waals surface area (Å²) in [6, 6.07) is 9.22. The number of carbonyl (C=O) groups is 2. The van der Waals surface area contributed by atoms with Crippen LogP contribution in [-0.2, 0) is 19.0 Å². The van der Waals surface area contributed by atoms with Gasteiger partial charge < -0.3 is 0 Å². The third-order valence-electron chi connectivity index (χ3n) is 3.97. The van der Waals surface area contributed by atoms with Crippen LogP contribution in [0.5, 0.6) is 11.5 Å². The number of halogens is 3. The van der Waals surface area contributed by atoms with Crippen molar-refractivity contribution in [2.75, 3.05) is 0 Å². The number of alkyl halides is 3. The lowest BCUT2D eigenvalue weighted by Crippen LogP contribution is -2.23. The van der Waals surface area contributed by atoms with Gasteiger partial charge in [-0.15, -0.1) is 0 Å². The van der Waals surface area contributed by atoms with Gasteiger partial charge in [0.05, 0.1) is 5.56 Å². The summed E-state index contributed by atoms with van der Waals surface area (Å²) >= 11 is 18.3. The van der Waals surface area contributed by atoms with E-state index < -0.39 is 21.1 Å². The lowest BCUT2D eigenvalue weighted by Gasteiger charge is -2.27. The van der Waals surface area contributed by atoms with Gasteiger partial charge in [0.15, 0.2) is 11.5 Å². The fourth-order valence-electron chi connectivity index (χ4n) is 2.70. The van der Waals surface area contributed by atoms with Gasteiger partial charge in [0.2, 0.25) is 3.79 Å². The fourth-order valence-corrected chi connectivity index (χ4v) is 3.31. The summed E-state index contributed by atoms with van der Waals surface area (Å²) in [6.07, 6.45) is 0. The summed E-state index contributed by atoms with van der Waals surface area (Å²) in [5, 5.41) is 0. The Bertz CT molecular complexity index is 944. The minimum atomic E-state index is -1.89. The molecule has 2 bridgehead atoms. The molecule has 0 unspecified atom stereocenters. The highest BCUT2D eigenvalue weighted by Gasteiger charge is 2.36. The third kappa shape index (κ3) is 4.14. The van der Waals surface area contributed by atoms with Crippen LogP contribution >= 0.6 is 34.8 Å². The molecule has 0 N–H and O–H groups in total. The highest BCUT2D eigenvalue weighted by atomic mass is 35.6. The van der Waals surface area contributed by atoms with Crippen LogP contribution in [0.25, 0.3) is 0 Å². The first-order chi connectivity index (χ1) is 13.0. The van der Waals surface area contributed by atoms with Crippen LogP contribution in [0.3, 0.4) is 0 Å². The molecule has 1 heterocycles. The zero-order valence-electron chi connectivity index (χ0n) is 15.0. The van der Waals surface area contributed by atoms with Crippen molar-refractivity contribution in [1.29, 1.82) is 0 Å². The zero-order valence-corrected chi connectivity index (χ0v) is 17.3. The minimum absolute atomic E-state index is 0.0269. The molecule has 0 atom stereocenters. The second-order valence-corrected chi connectivity index (χ2v) is 9.32. The van der Waals surface area contributed by atoms with E-state index in [1.165, 1.54) is 24.3 Å². The van der Waals surface area contributed by atoms with Crippen LogP contribution in [0.15, 0.2) is 36.4 Å². The second kappa shape index (κ2) is 7.35. The Morgan fingerprint density at radius 3 is 2.14 bits per heavy atom. The summed E-state index contributed by atoms with van der Waals surface area (Å²) in [5.74, 6) is -1.33. The summed E-state index contributed by atoms with van der Waals surface area (Å²) in [6.45, 7) is 5.73. The maximum atomic E-state index is 12.6. The SMILES string of the molecule is CC(C)(C)c1cccc(C(=O)OOC(=O)c2ccc3cc2OO3)c1C(Cl)(Cl)Cl. The predicted octanol–water partition coefficient (Wildman–Crippen LogP) is 5.43. The molecule has 1 aliphatic rings. The lowest BCUT2D eigenvalue weighted by atomic mass is 9.82. The Kier molecular flexibility index (Phi) is 5.40. The molecule has 0 saturated carbocycles. The van der Waals surface area contributed by atoms with E-state index in [-0.39, 0.29) is 22.4 Å². The Morgan fingerprint density at radius 1 is 0.893 bits per heavy atom. The molecular weight excluding hydrogens is 431 g/mol. The van der Waals surface area contributed by atoms with Crippen LogP contribution in [0.4, 0.5) is 0 Å². The minimum Gasteiger partial charge on any atom is -0.290 e. The van der Waals surface area contributed by atoms with Gasteiger partial charge in [0.1, 0.15) is 5.56 Å². The van der Waals surface area contributed by atoms with Crippen LogP contribution in [0.1, 0.15) is 52.6 Å². The van der Waals surface area contributed by atoms with E-state index in [9.17, 15) is 9.59 Å². The highest BCUT2D eigenvalue weighted by Crippen LogP contribution is 2.45. The van der Waals surface area contributed by atoms with Crippen LogP contribution in [-0.4, -0.2) is 11.9 Å². The molecule has 28 heavy (non-hydrogen) atoms. The monoisotopic (exact) mass is 444 g/mol. The van der Waals surface area contributed by atoms with E-state index in [4.69, 9.17) is 49.5 Å². The molecule has 0 amide bonds. The molecule has 148 valence electrons. The first kappa shape index (κ1) is 20.6. The normalized spacial score (nSPS) is 12.8. The van der Waals surface area contributed by atoms with E-state index in [2.05, 4.69) is 4.89 Å². The van der Waals surface area contributed by atoms with E-state index in [1.54, 1.807) is 12.1 Å². The Hall–Kier alpha value is -2.15. The maximum absolute atomic E-state index is 12.6. The average Bonchev–Trinajstić information content (AvgIpc) is 2.98. The van der Waals surface area contributed by atoms with Crippen molar-refractivity contribution in [2.45, 2.75) is 30.0 Å². The lowest BCUT2D eigenvalue weighted by molar-refractivity contribution is -0.188. The summed E-state index contributed by atoms with van der Waals surface area (Å²) in [5.41, 5.74) is 0.379. The molecule has 9 heteroatoms. The molecule has 1 aliphatic heterocycles. The molecule has 0 aliphatic carbocycles. The second-order valence-electron chi connectivity index (χ2n) is 7.04. The van der Waals surface area contributed by atoms with Crippen molar-refractivity contribution in [1.82, 2.24) is 0 Å². The largest absolute Gasteiger partial charge is 0.390 e. The molecule has 0 spiro atoms. The summed E-state index contributed by atoms with van der Waals surface area (Å²) < 4.78 is -1.89. The van der Waals surface area contributed by atoms with E-state index >= 15 is 0 Å². The van der Waals surface area contributed by atoms with Crippen molar-refractivity contribution < 1.29 is 29.1 Å². The number of carbonyl (C=O) groups excluding carboxylic acids is 2. The van der Waals surface area contributed by atoms with Gasteiger partial charge in [-0.2, -0.15) is 0 Å². The van der Waals surface area contributed by atoms with Gasteiger partial charge in [0.25, 0.3) is 0 Å². The number of hydrogen-bond acceptors (Lipinski definition) is 6. The quantitative estimate of drug-likeness (QED) is 0.349. The van der Waals surface area contributed by atoms with Crippen molar-refractivity contribution in [2.24, 2.45) is 0 Å². The highest BCUT2D eigenvalue weighted by molar-refractivity contribution is 6.67. The molecule has 2 aromatic carbocycles. The van der Waals surface area contributed by atoms with Crippen molar-refractivity contribution in [3.63, 3.8) is 0 Å². The van der Waals surface area contributed by atoms with Crippen LogP contribution in [0.2, 0.25) is 0 Å². The molecule has 0 saturated heterocycles. The topological polar surface area (TPSA) is 71.1 Å². The average molecular weight is 446 g/mol. The number of hydrogen-bond donors (Lipinski definition) is 0. The van der Waals surface area contributed by atoms with Crippen LogP contribution in [0, 0.1) is 0 Å². The first-order valence-corrected chi connectivity index (χ1v) is 9.24. The Morgan fingerprint density at radius 2 is 1.54 bits per heavy atom. The maximum Gasteiger partial charge on any atom is 0.390 e. The van der Waals surface area contributed by atoms with Crippen molar-refractivity contribution >= 4 is 46.7 Å². The molecular formula is C19H15Cl3O6. The van der Waals surface area contributed by atoms with Crippen molar-refractivity contribution in [3.05, 3.63) is 58.7 Å². The fraction of sp³-hybridized carbons (Fsp3) is 0.263. The Balaban J connectivity index is 1.84.